The summed E-state index contributed by atoms with van der Waals surface area (Å²) in [5, 5.41) is 3.65. The fourth-order valence-electron chi connectivity index (χ4n) is 4.87. The first-order valence-electron chi connectivity index (χ1n) is 13.7. The molecule has 0 aliphatic carbocycles. The predicted molar refractivity (Wildman–Crippen MR) is 162 cm³/mol. The Hall–Kier alpha value is -4.22. The van der Waals surface area contributed by atoms with Crippen LogP contribution in [0.5, 0.6) is 0 Å². The molecule has 4 aromatic carbocycles. The molecule has 0 fully saturated rings. The number of carbonyl (C=O) groups excluding carboxylic acids is 2. The predicted octanol–water partition coefficient (Wildman–Crippen LogP) is 7.31. The molecule has 0 saturated heterocycles. The molecule has 202 valence electrons. The van der Waals surface area contributed by atoms with Crippen LogP contribution in [0.2, 0.25) is 5.02 Å². The van der Waals surface area contributed by atoms with Gasteiger partial charge in [0.25, 0.3) is 0 Å². The molecule has 0 unspecified atom stereocenters. The number of aromatic nitrogens is 2. The van der Waals surface area contributed by atoms with Crippen LogP contribution in [0.3, 0.4) is 0 Å². The standard InChI is InChI=1S/C34H32ClN3O2/c35-29-20-18-28(19-21-29)32(39)24-38-31-12-7-6-11-30(31)37-33(38)13-5-2-8-22-36-34(40)23-25-14-16-27(17-15-25)26-9-3-1-4-10-26/h1,3-4,6-7,9-12,14-21H,2,5,8,13,22-24H2,(H,36,40). The number of imidazole rings is 1. The molecular formula is C34H32ClN3O2. The number of halogens is 1. The van der Waals surface area contributed by atoms with E-state index < -0.39 is 0 Å². The summed E-state index contributed by atoms with van der Waals surface area (Å²) < 4.78 is 2.02. The van der Waals surface area contributed by atoms with E-state index >= 15 is 0 Å². The third-order valence-corrected chi connectivity index (χ3v) is 7.28. The molecule has 0 radical (unpaired) electrons. The van der Waals surface area contributed by atoms with E-state index in [0.717, 1.165) is 53.7 Å². The summed E-state index contributed by atoms with van der Waals surface area (Å²) >= 11 is 5.98. The average Bonchev–Trinajstić information content (AvgIpc) is 3.33. The van der Waals surface area contributed by atoms with E-state index in [4.69, 9.17) is 16.6 Å². The van der Waals surface area contributed by atoms with Gasteiger partial charge in [0.15, 0.2) is 5.78 Å². The zero-order valence-electron chi connectivity index (χ0n) is 22.4. The maximum Gasteiger partial charge on any atom is 0.224 e. The van der Waals surface area contributed by atoms with E-state index in [0.29, 0.717) is 23.6 Å². The smallest absolute Gasteiger partial charge is 0.224 e. The van der Waals surface area contributed by atoms with Crippen LogP contribution in [0.4, 0.5) is 0 Å². The number of hydrogen-bond donors (Lipinski definition) is 1. The summed E-state index contributed by atoms with van der Waals surface area (Å²) in [6, 6.07) is 33.3. The van der Waals surface area contributed by atoms with Gasteiger partial charge in [-0.25, -0.2) is 4.98 Å². The monoisotopic (exact) mass is 549 g/mol. The van der Waals surface area contributed by atoms with E-state index in [1.807, 2.05) is 59.2 Å². The number of para-hydroxylation sites is 2. The van der Waals surface area contributed by atoms with Gasteiger partial charge in [0, 0.05) is 23.6 Å². The lowest BCUT2D eigenvalue weighted by Crippen LogP contribution is -2.26. The van der Waals surface area contributed by atoms with Crippen molar-refractivity contribution < 1.29 is 9.59 Å². The Kier molecular flexibility index (Phi) is 9.04. The van der Waals surface area contributed by atoms with Crippen molar-refractivity contribution >= 4 is 34.3 Å². The molecule has 1 N–H and O–H groups in total. The summed E-state index contributed by atoms with van der Waals surface area (Å²) in [5.41, 5.74) is 5.81. The Labute approximate surface area is 239 Å². The van der Waals surface area contributed by atoms with Gasteiger partial charge in [0.05, 0.1) is 24.0 Å². The van der Waals surface area contributed by atoms with E-state index in [-0.39, 0.29) is 18.2 Å². The molecule has 5 aromatic rings. The van der Waals surface area contributed by atoms with Gasteiger partial charge >= 0.3 is 0 Å². The van der Waals surface area contributed by atoms with Gasteiger partial charge in [-0.3, -0.25) is 9.59 Å². The minimum Gasteiger partial charge on any atom is -0.356 e. The minimum atomic E-state index is 0.0264. The van der Waals surface area contributed by atoms with E-state index in [1.165, 1.54) is 5.56 Å². The number of nitrogens with one attached hydrogen (secondary N) is 1. The summed E-state index contributed by atoms with van der Waals surface area (Å²) in [6.45, 7) is 0.881. The van der Waals surface area contributed by atoms with Gasteiger partial charge in [-0.05, 0) is 65.9 Å². The summed E-state index contributed by atoms with van der Waals surface area (Å²) in [7, 11) is 0. The Morgan fingerprint density at radius 3 is 2.23 bits per heavy atom. The highest BCUT2D eigenvalue weighted by atomic mass is 35.5. The molecule has 1 amide bonds. The highest BCUT2D eigenvalue weighted by Gasteiger charge is 2.15. The van der Waals surface area contributed by atoms with Crippen LogP contribution in [-0.2, 0) is 24.2 Å². The molecule has 5 nitrogen and oxygen atoms in total. The number of benzene rings is 4. The first kappa shape index (κ1) is 27.4. The number of ketones is 1. The Balaban J connectivity index is 1.08. The van der Waals surface area contributed by atoms with Gasteiger partial charge < -0.3 is 9.88 Å². The second-order valence-corrected chi connectivity index (χ2v) is 10.4. The maximum atomic E-state index is 13.0. The molecule has 0 atom stereocenters. The molecule has 0 aliphatic heterocycles. The lowest BCUT2D eigenvalue weighted by molar-refractivity contribution is -0.120. The number of unbranched alkanes of at least 4 members (excludes halogenated alkanes) is 2. The van der Waals surface area contributed by atoms with Crippen molar-refractivity contribution in [2.45, 2.75) is 38.6 Å². The van der Waals surface area contributed by atoms with Gasteiger partial charge in [-0.15, -0.1) is 0 Å². The molecule has 0 spiro atoms. The molecule has 1 aromatic heterocycles. The van der Waals surface area contributed by atoms with Gasteiger partial charge in [-0.2, -0.15) is 0 Å². The molecule has 6 heteroatoms. The lowest BCUT2D eigenvalue weighted by atomic mass is 10.0. The van der Waals surface area contributed by atoms with Crippen molar-refractivity contribution in [2.75, 3.05) is 6.54 Å². The van der Waals surface area contributed by atoms with Gasteiger partial charge in [0.2, 0.25) is 5.91 Å². The van der Waals surface area contributed by atoms with Crippen LogP contribution in [0.25, 0.3) is 22.2 Å². The number of nitrogens with zero attached hydrogens (tertiary/aromatic N) is 2. The average molecular weight is 550 g/mol. The molecule has 0 saturated carbocycles. The fourth-order valence-corrected chi connectivity index (χ4v) is 5.00. The van der Waals surface area contributed by atoms with Gasteiger partial charge in [-0.1, -0.05) is 84.8 Å². The Morgan fingerprint density at radius 2 is 1.45 bits per heavy atom. The highest BCUT2D eigenvalue weighted by molar-refractivity contribution is 6.30. The zero-order valence-corrected chi connectivity index (χ0v) is 23.1. The van der Waals surface area contributed by atoms with Crippen molar-refractivity contribution in [1.82, 2.24) is 14.9 Å². The fraction of sp³-hybridized carbons (Fsp3) is 0.206. The van der Waals surface area contributed by atoms with E-state index in [9.17, 15) is 9.59 Å². The van der Waals surface area contributed by atoms with Crippen LogP contribution >= 0.6 is 11.6 Å². The van der Waals surface area contributed by atoms with Gasteiger partial charge in [0.1, 0.15) is 5.82 Å². The number of carbonyl (C=O) groups is 2. The van der Waals surface area contributed by atoms with E-state index in [2.05, 4.69) is 29.6 Å². The number of rotatable bonds is 12. The summed E-state index contributed by atoms with van der Waals surface area (Å²) in [4.78, 5) is 30.2. The number of hydrogen-bond acceptors (Lipinski definition) is 3. The van der Waals surface area contributed by atoms with Crippen LogP contribution in [0, 0.1) is 0 Å². The van der Waals surface area contributed by atoms with Crippen molar-refractivity contribution in [2.24, 2.45) is 0 Å². The van der Waals surface area contributed by atoms with Crippen molar-refractivity contribution in [3.05, 3.63) is 125 Å². The maximum absolute atomic E-state index is 13.0. The molecule has 1 heterocycles. The van der Waals surface area contributed by atoms with Crippen molar-refractivity contribution in [3.63, 3.8) is 0 Å². The van der Waals surface area contributed by atoms with Crippen molar-refractivity contribution in [1.29, 1.82) is 0 Å². The second-order valence-electron chi connectivity index (χ2n) is 9.93. The molecular weight excluding hydrogens is 518 g/mol. The SMILES string of the molecule is O=C(Cc1ccc(-c2ccccc2)cc1)NCCCCCc1nc2ccccc2n1CC(=O)c1ccc(Cl)cc1. The molecule has 0 bridgehead atoms. The van der Waals surface area contributed by atoms with Crippen LogP contribution in [-0.4, -0.2) is 27.8 Å². The zero-order chi connectivity index (χ0) is 27.7. The number of aryl methyl sites for hydroxylation is 1. The summed E-state index contributed by atoms with van der Waals surface area (Å²) in [6.07, 6.45) is 3.92. The van der Waals surface area contributed by atoms with Crippen LogP contribution in [0.15, 0.2) is 103 Å². The van der Waals surface area contributed by atoms with Crippen LogP contribution < -0.4 is 5.32 Å². The topological polar surface area (TPSA) is 64.0 Å². The largest absolute Gasteiger partial charge is 0.356 e. The highest BCUT2D eigenvalue weighted by Crippen LogP contribution is 2.21. The number of fused-ring (bicyclic) bond motifs is 1. The molecule has 40 heavy (non-hydrogen) atoms. The third-order valence-electron chi connectivity index (χ3n) is 7.03. The first-order valence-corrected chi connectivity index (χ1v) is 14.1. The Morgan fingerprint density at radius 1 is 0.750 bits per heavy atom. The first-order chi connectivity index (χ1) is 19.6. The lowest BCUT2D eigenvalue weighted by Gasteiger charge is -2.10. The third kappa shape index (κ3) is 7.04. The second kappa shape index (κ2) is 13.2. The minimum absolute atomic E-state index is 0.0264. The molecule has 0 aliphatic rings. The number of Topliss-reactive ketones (excluding diaryl/α,β-unsaturated/α-hetero) is 1. The molecule has 5 rings (SSSR count). The van der Waals surface area contributed by atoms with E-state index in [1.54, 1.807) is 24.3 Å². The van der Waals surface area contributed by atoms with Crippen LogP contribution in [0.1, 0.15) is 41.0 Å². The quantitative estimate of drug-likeness (QED) is 0.131. The normalized spacial score (nSPS) is 11.0. The summed E-state index contributed by atoms with van der Waals surface area (Å²) in [5.74, 6) is 0.972. The van der Waals surface area contributed by atoms with Crippen molar-refractivity contribution in [3.8, 4) is 11.1 Å². The number of amides is 1. The Bertz CT molecular complexity index is 1580.